The normalized spacial score (nSPS) is 11.1. The standard InChI is InChI=1S/C25H23ClN4O5S/c1-14-19(26)8-5-9-20(14)29-25(32)18-10-16(11-21-23(18)30-22(28-21)12-35-2)27-24(31)17-7-4-3-6-15(17)13-36(33)34/h3-11,36H,12-13H2,1-2H3,(H,27,31)(H,28,30)(H,29,32). The van der Waals surface area contributed by atoms with Gasteiger partial charge in [-0.15, -0.1) is 0 Å². The number of aromatic nitrogens is 2. The predicted molar refractivity (Wildman–Crippen MR) is 139 cm³/mol. The van der Waals surface area contributed by atoms with Crippen molar-refractivity contribution >= 4 is 56.5 Å². The van der Waals surface area contributed by atoms with Gasteiger partial charge in [0.15, 0.2) is 0 Å². The third-order valence-electron chi connectivity index (χ3n) is 5.50. The van der Waals surface area contributed by atoms with Gasteiger partial charge in [0.1, 0.15) is 28.7 Å². The molecule has 0 saturated carbocycles. The minimum atomic E-state index is -2.71. The number of imidazole rings is 1. The van der Waals surface area contributed by atoms with Gasteiger partial charge in [-0.2, -0.15) is 0 Å². The monoisotopic (exact) mass is 526 g/mol. The molecule has 0 bridgehead atoms. The van der Waals surface area contributed by atoms with E-state index in [-0.39, 0.29) is 23.5 Å². The van der Waals surface area contributed by atoms with Gasteiger partial charge in [-0.1, -0.05) is 35.9 Å². The molecule has 0 unspecified atom stereocenters. The Balaban J connectivity index is 1.72. The van der Waals surface area contributed by atoms with E-state index in [1.807, 2.05) is 0 Å². The van der Waals surface area contributed by atoms with Gasteiger partial charge in [0.2, 0.25) is 0 Å². The van der Waals surface area contributed by atoms with E-state index < -0.39 is 22.5 Å². The second kappa shape index (κ2) is 10.9. The predicted octanol–water partition coefficient (Wildman–Crippen LogP) is 4.29. The van der Waals surface area contributed by atoms with E-state index in [4.69, 9.17) is 16.3 Å². The number of ether oxygens (including phenoxy) is 1. The molecule has 4 rings (SSSR count). The third-order valence-corrected chi connectivity index (χ3v) is 6.50. The number of carbonyl (C=O) groups is 2. The highest BCUT2D eigenvalue weighted by molar-refractivity contribution is 7.71. The molecular weight excluding hydrogens is 504 g/mol. The van der Waals surface area contributed by atoms with Crippen molar-refractivity contribution in [3.8, 4) is 0 Å². The van der Waals surface area contributed by atoms with Gasteiger partial charge in [-0.25, -0.2) is 13.4 Å². The Hall–Kier alpha value is -3.73. The molecule has 1 heterocycles. The van der Waals surface area contributed by atoms with Crippen LogP contribution < -0.4 is 10.6 Å². The number of methoxy groups -OCH3 is 1. The fourth-order valence-electron chi connectivity index (χ4n) is 3.77. The van der Waals surface area contributed by atoms with Crippen LogP contribution in [0.15, 0.2) is 54.6 Å². The Kier molecular flexibility index (Phi) is 7.68. The Morgan fingerprint density at radius 2 is 1.78 bits per heavy atom. The minimum Gasteiger partial charge on any atom is -0.377 e. The van der Waals surface area contributed by atoms with Crippen molar-refractivity contribution in [1.29, 1.82) is 0 Å². The number of halogens is 1. The lowest BCUT2D eigenvalue weighted by atomic mass is 10.1. The molecule has 0 aliphatic carbocycles. The lowest BCUT2D eigenvalue weighted by Crippen LogP contribution is -2.17. The Labute approximate surface area is 213 Å². The number of hydrogen-bond donors (Lipinski definition) is 4. The quantitative estimate of drug-likeness (QED) is 0.253. The second-order valence-electron chi connectivity index (χ2n) is 8.01. The molecule has 0 aliphatic heterocycles. The van der Waals surface area contributed by atoms with E-state index in [1.54, 1.807) is 55.5 Å². The zero-order valence-electron chi connectivity index (χ0n) is 19.4. The summed E-state index contributed by atoms with van der Waals surface area (Å²) in [5, 5.41) is 6.14. The molecule has 4 aromatic rings. The molecule has 3 aromatic carbocycles. The minimum absolute atomic E-state index is 0.200. The molecule has 36 heavy (non-hydrogen) atoms. The first kappa shape index (κ1) is 25.4. The van der Waals surface area contributed by atoms with Crippen LogP contribution in [0.25, 0.3) is 11.0 Å². The van der Waals surface area contributed by atoms with Crippen molar-refractivity contribution < 1.29 is 22.7 Å². The number of thiol groups is 1. The van der Waals surface area contributed by atoms with Gasteiger partial charge < -0.3 is 20.4 Å². The number of carbonyl (C=O) groups excluding carboxylic acids is 2. The summed E-state index contributed by atoms with van der Waals surface area (Å²) >= 11 is 6.19. The summed E-state index contributed by atoms with van der Waals surface area (Å²) in [5.74, 6) is -0.698. The summed E-state index contributed by atoms with van der Waals surface area (Å²) in [6.45, 7) is 1.99. The molecule has 2 amide bonds. The van der Waals surface area contributed by atoms with Crippen LogP contribution in [0.5, 0.6) is 0 Å². The average Bonchev–Trinajstić information content (AvgIpc) is 3.24. The molecule has 9 nitrogen and oxygen atoms in total. The highest BCUT2D eigenvalue weighted by atomic mass is 35.5. The van der Waals surface area contributed by atoms with Crippen LogP contribution in [0.2, 0.25) is 5.02 Å². The van der Waals surface area contributed by atoms with E-state index in [1.165, 1.54) is 13.2 Å². The van der Waals surface area contributed by atoms with E-state index in [0.29, 0.717) is 44.4 Å². The van der Waals surface area contributed by atoms with E-state index in [9.17, 15) is 18.0 Å². The number of rotatable bonds is 8. The number of anilines is 2. The number of hydrogen-bond acceptors (Lipinski definition) is 6. The molecule has 186 valence electrons. The van der Waals surface area contributed by atoms with Crippen LogP contribution >= 0.6 is 11.6 Å². The van der Waals surface area contributed by atoms with Crippen LogP contribution in [0.3, 0.4) is 0 Å². The highest BCUT2D eigenvalue weighted by Crippen LogP contribution is 2.27. The van der Waals surface area contributed by atoms with Crippen LogP contribution in [0.1, 0.15) is 37.7 Å². The van der Waals surface area contributed by atoms with Crippen molar-refractivity contribution in [3.05, 3.63) is 87.7 Å². The average molecular weight is 527 g/mol. The van der Waals surface area contributed by atoms with Gasteiger partial charge in [-0.05, 0) is 48.4 Å². The maximum atomic E-state index is 13.3. The maximum absolute atomic E-state index is 13.3. The van der Waals surface area contributed by atoms with Gasteiger partial charge in [0, 0.05) is 29.1 Å². The molecule has 11 heteroatoms. The summed E-state index contributed by atoms with van der Waals surface area (Å²) in [6.07, 6.45) is 0. The zero-order chi connectivity index (χ0) is 25.8. The van der Waals surface area contributed by atoms with E-state index >= 15 is 0 Å². The van der Waals surface area contributed by atoms with Crippen molar-refractivity contribution in [1.82, 2.24) is 9.97 Å². The molecule has 0 spiro atoms. The van der Waals surface area contributed by atoms with Crippen LogP contribution in [-0.4, -0.2) is 37.3 Å². The summed E-state index contributed by atoms with van der Waals surface area (Å²) < 4.78 is 27.7. The first-order valence-electron chi connectivity index (χ1n) is 10.9. The van der Waals surface area contributed by atoms with Gasteiger partial charge in [-0.3, -0.25) is 9.59 Å². The molecule has 1 aromatic heterocycles. The van der Waals surface area contributed by atoms with E-state index in [2.05, 4.69) is 20.6 Å². The lowest BCUT2D eigenvalue weighted by Gasteiger charge is -2.12. The highest BCUT2D eigenvalue weighted by Gasteiger charge is 2.19. The van der Waals surface area contributed by atoms with Crippen molar-refractivity contribution in [2.75, 3.05) is 17.7 Å². The number of benzene rings is 3. The topological polar surface area (TPSA) is 130 Å². The maximum Gasteiger partial charge on any atom is 0.258 e. The summed E-state index contributed by atoms with van der Waals surface area (Å²) in [6, 6.07) is 14.8. The molecule has 0 aliphatic rings. The van der Waals surface area contributed by atoms with Crippen LogP contribution in [-0.2, 0) is 27.8 Å². The number of fused-ring (bicyclic) bond motifs is 1. The number of H-pyrrole nitrogens is 1. The molecule has 0 saturated heterocycles. The largest absolute Gasteiger partial charge is 0.377 e. The number of amides is 2. The molecule has 0 atom stereocenters. The fourth-order valence-corrected chi connectivity index (χ4v) is 4.50. The van der Waals surface area contributed by atoms with Crippen molar-refractivity contribution in [2.45, 2.75) is 19.3 Å². The third kappa shape index (κ3) is 5.56. The first-order valence-corrected chi connectivity index (χ1v) is 12.6. The fraction of sp³-hybridized carbons (Fsp3) is 0.160. The Morgan fingerprint density at radius 3 is 2.53 bits per heavy atom. The number of nitrogens with zero attached hydrogens (tertiary/aromatic N) is 1. The SMILES string of the molecule is COCc1nc2c(C(=O)Nc3cccc(Cl)c3C)cc(NC(=O)c3ccccc3C[SH](=O)=O)cc2[nH]1. The van der Waals surface area contributed by atoms with Crippen LogP contribution in [0, 0.1) is 6.92 Å². The summed E-state index contributed by atoms with van der Waals surface area (Å²) in [7, 11) is -1.18. The second-order valence-corrected chi connectivity index (χ2v) is 9.39. The summed E-state index contributed by atoms with van der Waals surface area (Å²) in [5.41, 5.74) is 3.33. The van der Waals surface area contributed by atoms with Crippen LogP contribution in [0.4, 0.5) is 11.4 Å². The van der Waals surface area contributed by atoms with Gasteiger partial charge in [0.05, 0.1) is 16.8 Å². The molecular formula is C25H23ClN4O5S. The number of nitrogens with one attached hydrogen (secondary N) is 3. The lowest BCUT2D eigenvalue weighted by molar-refractivity contribution is 0.101. The van der Waals surface area contributed by atoms with Crippen molar-refractivity contribution in [3.63, 3.8) is 0 Å². The molecule has 0 radical (unpaired) electrons. The smallest absolute Gasteiger partial charge is 0.258 e. The molecule has 3 N–H and O–H groups in total. The Bertz CT molecular complexity index is 1540. The first-order chi connectivity index (χ1) is 17.3. The summed E-state index contributed by atoms with van der Waals surface area (Å²) in [4.78, 5) is 33.9. The Morgan fingerprint density at radius 1 is 1.03 bits per heavy atom. The number of aromatic amines is 1. The van der Waals surface area contributed by atoms with E-state index in [0.717, 1.165) is 0 Å². The zero-order valence-corrected chi connectivity index (χ0v) is 21.1. The molecule has 0 fully saturated rings. The van der Waals surface area contributed by atoms with Crippen molar-refractivity contribution in [2.24, 2.45) is 0 Å². The van der Waals surface area contributed by atoms with Gasteiger partial charge in [0.25, 0.3) is 11.8 Å². The van der Waals surface area contributed by atoms with Gasteiger partial charge >= 0.3 is 0 Å².